The van der Waals surface area contributed by atoms with Crippen LogP contribution in [0.5, 0.6) is 5.75 Å². The molecule has 2 heterocycles. The molecule has 1 fully saturated rings. The highest BCUT2D eigenvalue weighted by atomic mass is 127. The molecule has 26 heavy (non-hydrogen) atoms. The number of aryl methyl sites for hydroxylation is 1. The number of rotatable bonds is 5. The van der Waals surface area contributed by atoms with Crippen LogP contribution in [0.15, 0.2) is 47.7 Å². The minimum absolute atomic E-state index is 0. The Balaban J connectivity index is 0.00000243. The Morgan fingerprint density at radius 1 is 1.38 bits per heavy atom. The molecule has 2 aromatic rings. The second-order valence-electron chi connectivity index (χ2n) is 5.89. The average Bonchev–Trinajstić information content (AvgIpc) is 3.09. The van der Waals surface area contributed by atoms with Gasteiger partial charge in [-0.2, -0.15) is 5.10 Å². The normalized spacial score (nSPS) is 17.5. The maximum atomic E-state index is 5.88. The van der Waals surface area contributed by atoms with E-state index in [1.807, 2.05) is 49.8 Å². The van der Waals surface area contributed by atoms with Gasteiger partial charge in [-0.25, -0.2) is 0 Å². The minimum atomic E-state index is 0. The standard InChI is InChI=1S/C18H25N5O2.HI/c1-19-18(20-8-10-24-16-6-4-3-5-7-16)23-9-11-25-17(14-23)15-12-21-22(2)13-15;/h3-7,12-13,17H,8-11,14H2,1-2H3,(H,19,20);1H. The van der Waals surface area contributed by atoms with Crippen LogP contribution < -0.4 is 10.1 Å². The highest BCUT2D eigenvalue weighted by Gasteiger charge is 2.24. The number of hydrogen-bond donors (Lipinski definition) is 1. The first-order chi connectivity index (χ1) is 12.3. The van der Waals surface area contributed by atoms with Gasteiger partial charge in [0.05, 0.1) is 25.9 Å². The minimum Gasteiger partial charge on any atom is -0.492 e. The fourth-order valence-corrected chi connectivity index (χ4v) is 2.83. The Kier molecular flexibility index (Phi) is 8.17. The SMILES string of the molecule is CN=C(NCCOc1ccccc1)N1CCOC(c2cnn(C)c2)C1.I. The monoisotopic (exact) mass is 471 g/mol. The van der Waals surface area contributed by atoms with Crippen molar-refractivity contribution >= 4 is 29.9 Å². The van der Waals surface area contributed by atoms with Crippen LogP contribution in [0.4, 0.5) is 0 Å². The summed E-state index contributed by atoms with van der Waals surface area (Å²) >= 11 is 0. The number of aliphatic imine (C=N–C) groups is 1. The first-order valence-corrected chi connectivity index (χ1v) is 8.50. The molecule has 142 valence electrons. The summed E-state index contributed by atoms with van der Waals surface area (Å²) in [5.74, 6) is 1.75. The van der Waals surface area contributed by atoms with Gasteiger partial charge in [0.1, 0.15) is 18.5 Å². The third-order valence-electron chi connectivity index (χ3n) is 4.07. The van der Waals surface area contributed by atoms with E-state index >= 15 is 0 Å². The molecule has 1 aliphatic heterocycles. The van der Waals surface area contributed by atoms with Crippen molar-refractivity contribution in [2.75, 3.05) is 39.9 Å². The summed E-state index contributed by atoms with van der Waals surface area (Å²) < 4.78 is 13.4. The summed E-state index contributed by atoms with van der Waals surface area (Å²) in [5, 5.41) is 7.59. The number of nitrogens with zero attached hydrogens (tertiary/aromatic N) is 4. The second-order valence-corrected chi connectivity index (χ2v) is 5.89. The van der Waals surface area contributed by atoms with E-state index in [1.54, 1.807) is 11.7 Å². The molecule has 1 aromatic carbocycles. The lowest BCUT2D eigenvalue weighted by Crippen LogP contribution is -2.48. The lowest BCUT2D eigenvalue weighted by Gasteiger charge is -2.34. The number of benzene rings is 1. The molecule has 0 aliphatic carbocycles. The molecule has 7 nitrogen and oxygen atoms in total. The Morgan fingerprint density at radius 3 is 2.88 bits per heavy atom. The smallest absolute Gasteiger partial charge is 0.193 e. The topological polar surface area (TPSA) is 63.9 Å². The largest absolute Gasteiger partial charge is 0.492 e. The average molecular weight is 471 g/mol. The first-order valence-electron chi connectivity index (χ1n) is 8.50. The predicted molar refractivity (Wildman–Crippen MR) is 112 cm³/mol. The van der Waals surface area contributed by atoms with Crippen molar-refractivity contribution in [1.82, 2.24) is 20.0 Å². The number of nitrogens with one attached hydrogen (secondary N) is 1. The zero-order valence-electron chi connectivity index (χ0n) is 15.2. The lowest BCUT2D eigenvalue weighted by molar-refractivity contribution is -0.00805. The Morgan fingerprint density at radius 2 is 2.19 bits per heavy atom. The first kappa shape index (κ1) is 20.5. The van der Waals surface area contributed by atoms with Crippen LogP contribution in [0.2, 0.25) is 0 Å². The van der Waals surface area contributed by atoms with Gasteiger partial charge in [0.2, 0.25) is 0 Å². The number of morpholine rings is 1. The molecule has 0 radical (unpaired) electrons. The van der Waals surface area contributed by atoms with E-state index < -0.39 is 0 Å². The predicted octanol–water partition coefficient (Wildman–Crippen LogP) is 2.07. The van der Waals surface area contributed by atoms with Gasteiger partial charge in [0.25, 0.3) is 0 Å². The van der Waals surface area contributed by atoms with Crippen LogP contribution in [-0.4, -0.2) is 60.5 Å². The van der Waals surface area contributed by atoms with Gasteiger partial charge >= 0.3 is 0 Å². The Hall–Kier alpha value is -1.81. The van der Waals surface area contributed by atoms with Crippen molar-refractivity contribution in [3.8, 4) is 5.75 Å². The molecule has 1 N–H and O–H groups in total. The maximum absolute atomic E-state index is 5.88. The Bertz CT molecular complexity index is 692. The van der Waals surface area contributed by atoms with Gasteiger partial charge in [-0.1, -0.05) is 18.2 Å². The zero-order valence-corrected chi connectivity index (χ0v) is 17.5. The fourth-order valence-electron chi connectivity index (χ4n) is 2.83. The van der Waals surface area contributed by atoms with Crippen LogP contribution in [-0.2, 0) is 11.8 Å². The molecule has 1 saturated heterocycles. The van der Waals surface area contributed by atoms with E-state index in [0.29, 0.717) is 19.8 Å². The summed E-state index contributed by atoms with van der Waals surface area (Å²) in [6.45, 7) is 3.51. The van der Waals surface area contributed by atoms with Crippen molar-refractivity contribution < 1.29 is 9.47 Å². The molecule has 0 bridgehead atoms. The van der Waals surface area contributed by atoms with E-state index in [2.05, 4.69) is 20.3 Å². The Labute approximate surface area is 171 Å². The third-order valence-corrected chi connectivity index (χ3v) is 4.07. The molecule has 1 aliphatic rings. The van der Waals surface area contributed by atoms with Gasteiger partial charge in [-0.3, -0.25) is 9.67 Å². The van der Waals surface area contributed by atoms with Crippen molar-refractivity contribution in [3.05, 3.63) is 48.3 Å². The number of guanidine groups is 1. The summed E-state index contributed by atoms with van der Waals surface area (Å²) in [4.78, 5) is 6.60. The molecule has 0 amide bonds. The van der Waals surface area contributed by atoms with Crippen molar-refractivity contribution in [2.24, 2.45) is 12.0 Å². The molecule has 1 aromatic heterocycles. The molecule has 0 saturated carbocycles. The number of halogens is 1. The molecule has 1 atom stereocenters. The highest BCUT2D eigenvalue weighted by molar-refractivity contribution is 14.0. The van der Waals surface area contributed by atoms with Crippen molar-refractivity contribution in [2.45, 2.75) is 6.10 Å². The molecule has 3 rings (SSSR count). The van der Waals surface area contributed by atoms with Gasteiger partial charge in [-0.15, -0.1) is 24.0 Å². The van der Waals surface area contributed by atoms with Crippen LogP contribution in [0, 0.1) is 0 Å². The molecule has 8 heteroatoms. The van der Waals surface area contributed by atoms with E-state index in [9.17, 15) is 0 Å². The maximum Gasteiger partial charge on any atom is 0.193 e. The summed E-state index contributed by atoms with van der Waals surface area (Å²) in [6, 6.07) is 9.82. The van der Waals surface area contributed by atoms with E-state index in [0.717, 1.165) is 30.4 Å². The van der Waals surface area contributed by atoms with E-state index in [1.165, 1.54) is 0 Å². The van der Waals surface area contributed by atoms with Crippen LogP contribution in [0.3, 0.4) is 0 Å². The molecular weight excluding hydrogens is 445 g/mol. The molecule has 0 spiro atoms. The summed E-state index contributed by atoms with van der Waals surface area (Å²) in [5.41, 5.74) is 1.09. The number of hydrogen-bond acceptors (Lipinski definition) is 4. The quantitative estimate of drug-likeness (QED) is 0.313. The molecular formula is C18H26IN5O2. The van der Waals surface area contributed by atoms with E-state index in [4.69, 9.17) is 9.47 Å². The number of ether oxygens (including phenoxy) is 2. The lowest BCUT2D eigenvalue weighted by atomic mass is 10.1. The zero-order chi connectivity index (χ0) is 17.5. The van der Waals surface area contributed by atoms with Crippen LogP contribution in [0.25, 0.3) is 0 Å². The molecule has 1 unspecified atom stereocenters. The summed E-state index contributed by atoms with van der Waals surface area (Å²) in [7, 11) is 3.71. The van der Waals surface area contributed by atoms with Gasteiger partial charge in [0, 0.05) is 32.4 Å². The van der Waals surface area contributed by atoms with Crippen LogP contribution >= 0.6 is 24.0 Å². The van der Waals surface area contributed by atoms with Crippen molar-refractivity contribution in [1.29, 1.82) is 0 Å². The van der Waals surface area contributed by atoms with Gasteiger partial charge in [-0.05, 0) is 12.1 Å². The van der Waals surface area contributed by atoms with Gasteiger partial charge in [0.15, 0.2) is 5.96 Å². The second kappa shape index (κ2) is 10.4. The highest BCUT2D eigenvalue weighted by Crippen LogP contribution is 2.21. The fraction of sp³-hybridized carbons (Fsp3) is 0.444. The van der Waals surface area contributed by atoms with E-state index in [-0.39, 0.29) is 30.1 Å². The van der Waals surface area contributed by atoms with Crippen molar-refractivity contribution in [3.63, 3.8) is 0 Å². The number of para-hydroxylation sites is 1. The van der Waals surface area contributed by atoms with Gasteiger partial charge < -0.3 is 19.7 Å². The summed E-state index contributed by atoms with van der Waals surface area (Å²) in [6.07, 6.45) is 3.87. The third kappa shape index (κ3) is 5.60. The van der Waals surface area contributed by atoms with Crippen LogP contribution in [0.1, 0.15) is 11.7 Å². The number of aromatic nitrogens is 2.